The van der Waals surface area contributed by atoms with Crippen LogP contribution in [0.25, 0.3) is 0 Å². The van der Waals surface area contributed by atoms with Gasteiger partial charge in [0.15, 0.2) is 0 Å². The van der Waals surface area contributed by atoms with Gasteiger partial charge in [0.25, 0.3) is 0 Å². The second-order valence-electron chi connectivity index (χ2n) is 4.28. The molecule has 82 valence electrons. The molecule has 1 aliphatic rings. The van der Waals surface area contributed by atoms with Crippen LogP contribution in [-0.2, 0) is 0 Å². The van der Waals surface area contributed by atoms with Crippen LogP contribution in [-0.4, -0.2) is 9.97 Å². The largest absolute Gasteiger partial charge is 0.241 e. The molecule has 1 aromatic rings. The van der Waals surface area contributed by atoms with Crippen molar-refractivity contribution in [2.75, 3.05) is 0 Å². The molecule has 2 rings (SSSR count). The first-order valence-electron chi connectivity index (χ1n) is 5.85. The zero-order valence-electron chi connectivity index (χ0n) is 8.95. The van der Waals surface area contributed by atoms with Crippen molar-refractivity contribution in [1.82, 2.24) is 9.97 Å². The lowest BCUT2D eigenvalue weighted by molar-refractivity contribution is 0.442. The van der Waals surface area contributed by atoms with Crippen molar-refractivity contribution in [1.29, 1.82) is 0 Å². The SMILES string of the molecule is Clc1ccnc(C2CCCCCCC2)n1. The van der Waals surface area contributed by atoms with E-state index in [2.05, 4.69) is 9.97 Å². The van der Waals surface area contributed by atoms with Crippen molar-refractivity contribution in [3.63, 3.8) is 0 Å². The highest BCUT2D eigenvalue weighted by molar-refractivity contribution is 6.29. The third kappa shape index (κ3) is 3.16. The molecule has 1 fully saturated rings. The summed E-state index contributed by atoms with van der Waals surface area (Å²) in [6.45, 7) is 0. The summed E-state index contributed by atoms with van der Waals surface area (Å²) in [5, 5.41) is 0.571. The van der Waals surface area contributed by atoms with E-state index in [0.717, 1.165) is 5.82 Å². The Morgan fingerprint density at radius 1 is 1.07 bits per heavy atom. The van der Waals surface area contributed by atoms with Crippen LogP contribution < -0.4 is 0 Å². The van der Waals surface area contributed by atoms with E-state index in [1.165, 1.54) is 44.9 Å². The number of hydrogen-bond donors (Lipinski definition) is 0. The highest BCUT2D eigenvalue weighted by atomic mass is 35.5. The molecular weight excluding hydrogens is 208 g/mol. The third-order valence-electron chi connectivity index (χ3n) is 3.11. The smallest absolute Gasteiger partial charge is 0.133 e. The minimum absolute atomic E-state index is 0.531. The summed E-state index contributed by atoms with van der Waals surface area (Å²) < 4.78 is 0. The molecule has 15 heavy (non-hydrogen) atoms. The summed E-state index contributed by atoms with van der Waals surface area (Å²) in [5.74, 6) is 1.48. The fourth-order valence-electron chi connectivity index (χ4n) is 2.26. The summed E-state index contributed by atoms with van der Waals surface area (Å²) in [5.41, 5.74) is 0. The first-order chi connectivity index (χ1) is 7.36. The lowest BCUT2D eigenvalue weighted by atomic mass is 9.90. The Kier molecular flexibility index (Phi) is 3.95. The Bertz CT molecular complexity index is 306. The van der Waals surface area contributed by atoms with E-state index in [9.17, 15) is 0 Å². The Morgan fingerprint density at radius 3 is 2.40 bits per heavy atom. The molecule has 0 aliphatic heterocycles. The first kappa shape index (κ1) is 10.9. The minimum Gasteiger partial charge on any atom is -0.241 e. The average Bonchev–Trinajstić information content (AvgIpc) is 2.16. The summed E-state index contributed by atoms with van der Waals surface area (Å²) in [6.07, 6.45) is 10.9. The van der Waals surface area contributed by atoms with Gasteiger partial charge in [0.05, 0.1) is 0 Å². The van der Waals surface area contributed by atoms with Crippen molar-refractivity contribution < 1.29 is 0 Å². The van der Waals surface area contributed by atoms with E-state index in [1.54, 1.807) is 12.3 Å². The molecule has 2 nitrogen and oxygen atoms in total. The van der Waals surface area contributed by atoms with Gasteiger partial charge in [0.2, 0.25) is 0 Å². The maximum absolute atomic E-state index is 5.89. The summed E-state index contributed by atoms with van der Waals surface area (Å²) >= 11 is 5.89. The summed E-state index contributed by atoms with van der Waals surface area (Å²) in [4.78, 5) is 8.66. The average molecular weight is 225 g/mol. The van der Waals surface area contributed by atoms with Gasteiger partial charge in [-0.3, -0.25) is 0 Å². The number of halogens is 1. The van der Waals surface area contributed by atoms with Crippen molar-refractivity contribution in [3.05, 3.63) is 23.2 Å². The third-order valence-corrected chi connectivity index (χ3v) is 3.32. The van der Waals surface area contributed by atoms with Crippen LogP contribution in [0, 0.1) is 0 Å². The van der Waals surface area contributed by atoms with Crippen LogP contribution in [0.2, 0.25) is 5.15 Å². The van der Waals surface area contributed by atoms with E-state index in [-0.39, 0.29) is 0 Å². The summed E-state index contributed by atoms with van der Waals surface area (Å²) in [6, 6.07) is 1.74. The van der Waals surface area contributed by atoms with Crippen LogP contribution in [0.1, 0.15) is 56.7 Å². The van der Waals surface area contributed by atoms with Crippen molar-refractivity contribution in [2.45, 2.75) is 50.9 Å². The zero-order chi connectivity index (χ0) is 10.5. The van der Waals surface area contributed by atoms with Crippen LogP contribution in [0.15, 0.2) is 12.3 Å². The van der Waals surface area contributed by atoms with E-state index >= 15 is 0 Å². The van der Waals surface area contributed by atoms with Gasteiger partial charge < -0.3 is 0 Å². The van der Waals surface area contributed by atoms with Gasteiger partial charge in [-0.15, -0.1) is 0 Å². The van der Waals surface area contributed by atoms with E-state index in [4.69, 9.17) is 11.6 Å². The molecule has 1 heterocycles. The maximum Gasteiger partial charge on any atom is 0.133 e. The lowest BCUT2D eigenvalue weighted by Gasteiger charge is -2.18. The highest BCUT2D eigenvalue weighted by Gasteiger charge is 2.16. The molecule has 1 aliphatic carbocycles. The topological polar surface area (TPSA) is 25.8 Å². The molecule has 0 atom stereocenters. The highest BCUT2D eigenvalue weighted by Crippen LogP contribution is 2.28. The molecule has 0 unspecified atom stereocenters. The molecule has 0 radical (unpaired) electrons. The molecule has 1 aromatic heterocycles. The van der Waals surface area contributed by atoms with Crippen LogP contribution in [0.3, 0.4) is 0 Å². The molecule has 1 saturated carbocycles. The van der Waals surface area contributed by atoms with Gasteiger partial charge in [-0.25, -0.2) is 9.97 Å². The molecule has 0 N–H and O–H groups in total. The normalized spacial score (nSPS) is 19.5. The fourth-order valence-corrected chi connectivity index (χ4v) is 2.40. The van der Waals surface area contributed by atoms with Gasteiger partial charge in [0.1, 0.15) is 11.0 Å². The van der Waals surface area contributed by atoms with Crippen LogP contribution >= 0.6 is 11.6 Å². The van der Waals surface area contributed by atoms with Gasteiger partial charge in [-0.2, -0.15) is 0 Å². The fraction of sp³-hybridized carbons (Fsp3) is 0.667. The molecule has 0 spiro atoms. The molecule has 3 heteroatoms. The monoisotopic (exact) mass is 224 g/mol. The molecule has 0 aromatic carbocycles. The van der Waals surface area contributed by atoms with Gasteiger partial charge in [0, 0.05) is 12.1 Å². The Labute approximate surface area is 96.1 Å². The predicted molar refractivity (Wildman–Crippen MR) is 62.1 cm³/mol. The first-order valence-corrected chi connectivity index (χ1v) is 6.22. The molecule has 0 saturated heterocycles. The van der Waals surface area contributed by atoms with Gasteiger partial charge in [-0.1, -0.05) is 43.7 Å². The number of aromatic nitrogens is 2. The Hall–Kier alpha value is -0.630. The van der Waals surface area contributed by atoms with Crippen LogP contribution in [0.4, 0.5) is 0 Å². The van der Waals surface area contributed by atoms with Gasteiger partial charge in [-0.05, 0) is 18.9 Å². The zero-order valence-corrected chi connectivity index (χ0v) is 9.71. The van der Waals surface area contributed by atoms with Crippen molar-refractivity contribution in [3.8, 4) is 0 Å². The van der Waals surface area contributed by atoms with Crippen molar-refractivity contribution >= 4 is 11.6 Å². The number of rotatable bonds is 1. The van der Waals surface area contributed by atoms with Gasteiger partial charge >= 0.3 is 0 Å². The lowest BCUT2D eigenvalue weighted by Crippen LogP contribution is -2.06. The second kappa shape index (κ2) is 5.45. The van der Waals surface area contributed by atoms with E-state index in [1.807, 2.05) is 0 Å². The Morgan fingerprint density at radius 2 is 1.73 bits per heavy atom. The van der Waals surface area contributed by atoms with Crippen LogP contribution in [0.5, 0.6) is 0 Å². The minimum atomic E-state index is 0.531. The van der Waals surface area contributed by atoms with E-state index < -0.39 is 0 Å². The van der Waals surface area contributed by atoms with E-state index in [0.29, 0.717) is 11.1 Å². The molecule has 0 bridgehead atoms. The maximum atomic E-state index is 5.89. The van der Waals surface area contributed by atoms with Crippen molar-refractivity contribution in [2.24, 2.45) is 0 Å². The second-order valence-corrected chi connectivity index (χ2v) is 4.67. The standard InChI is InChI=1S/C12H17ClN2/c13-11-8-9-14-12(15-11)10-6-4-2-1-3-5-7-10/h8-10H,1-7H2. The quantitative estimate of drug-likeness (QED) is 0.675. The molecular formula is C12H17ClN2. The molecule has 0 amide bonds. The predicted octanol–water partition coefficient (Wildman–Crippen LogP) is 3.96. The number of hydrogen-bond acceptors (Lipinski definition) is 2. The summed E-state index contributed by atoms with van der Waals surface area (Å²) in [7, 11) is 0. The number of nitrogens with zero attached hydrogens (tertiary/aromatic N) is 2. The Balaban J connectivity index is 2.06.